The Morgan fingerprint density at radius 2 is 1.63 bits per heavy atom. The first-order valence-electron chi connectivity index (χ1n) is 10.2. The van der Waals surface area contributed by atoms with Gasteiger partial charge in [-0.05, 0) is 57.0 Å². The first kappa shape index (κ1) is 23.2. The maximum Gasteiger partial charge on any atom is 0.340 e. The van der Waals surface area contributed by atoms with Gasteiger partial charge in [0.2, 0.25) is 5.78 Å². The number of unbranched alkanes of at least 4 members (excludes halogenated alkanes) is 2. The van der Waals surface area contributed by atoms with Gasteiger partial charge in [-0.3, -0.25) is 4.79 Å². The Bertz CT molecular complexity index is 882. The standard InChI is InChI=1S/C23H29NO6/c1-5-7-8-13-29-18-11-9-17(10-12-18)22(26)30-14-19(25)21-15(3)20(16(4)24-21)23(27)28-6-2/h9-12,24H,5-8,13-14H2,1-4H3. The van der Waals surface area contributed by atoms with Crippen molar-refractivity contribution >= 4 is 17.7 Å². The number of carbonyl (C=O) groups excluding carboxylic acids is 3. The molecule has 7 nitrogen and oxygen atoms in total. The normalized spacial score (nSPS) is 10.5. The van der Waals surface area contributed by atoms with Crippen molar-refractivity contribution in [2.45, 2.75) is 47.0 Å². The molecule has 2 rings (SSSR count). The van der Waals surface area contributed by atoms with Gasteiger partial charge in [-0.2, -0.15) is 0 Å². The number of ether oxygens (including phenoxy) is 3. The number of aromatic amines is 1. The zero-order valence-electron chi connectivity index (χ0n) is 18.0. The van der Waals surface area contributed by atoms with E-state index in [1.165, 1.54) is 0 Å². The van der Waals surface area contributed by atoms with Gasteiger partial charge in [0.1, 0.15) is 5.75 Å². The van der Waals surface area contributed by atoms with Gasteiger partial charge >= 0.3 is 11.9 Å². The lowest BCUT2D eigenvalue weighted by atomic mass is 10.1. The van der Waals surface area contributed by atoms with E-state index in [-0.39, 0.29) is 12.3 Å². The minimum atomic E-state index is -0.604. The summed E-state index contributed by atoms with van der Waals surface area (Å²) in [5, 5.41) is 0. The van der Waals surface area contributed by atoms with Crippen molar-refractivity contribution < 1.29 is 28.6 Å². The van der Waals surface area contributed by atoms with Crippen LogP contribution in [0.15, 0.2) is 24.3 Å². The molecule has 1 aromatic carbocycles. The Morgan fingerprint density at radius 1 is 0.933 bits per heavy atom. The molecule has 0 saturated carbocycles. The van der Waals surface area contributed by atoms with Crippen molar-refractivity contribution in [1.82, 2.24) is 4.98 Å². The summed E-state index contributed by atoms with van der Waals surface area (Å²) in [6.45, 7) is 7.63. The maximum absolute atomic E-state index is 12.5. The van der Waals surface area contributed by atoms with Crippen LogP contribution < -0.4 is 4.74 Å². The van der Waals surface area contributed by atoms with Crippen molar-refractivity contribution in [3.05, 3.63) is 52.3 Å². The molecule has 1 N–H and O–H groups in total. The summed E-state index contributed by atoms with van der Waals surface area (Å²) < 4.78 is 15.8. The second kappa shape index (κ2) is 11.2. The zero-order chi connectivity index (χ0) is 22.1. The van der Waals surface area contributed by atoms with Gasteiger partial charge < -0.3 is 19.2 Å². The van der Waals surface area contributed by atoms with Crippen LogP contribution in [-0.4, -0.2) is 42.5 Å². The van der Waals surface area contributed by atoms with Crippen LogP contribution in [0.4, 0.5) is 0 Å². The number of hydrogen-bond acceptors (Lipinski definition) is 6. The Morgan fingerprint density at radius 3 is 2.27 bits per heavy atom. The van der Waals surface area contributed by atoms with Crippen molar-refractivity contribution in [2.75, 3.05) is 19.8 Å². The van der Waals surface area contributed by atoms with Crippen molar-refractivity contribution in [3.63, 3.8) is 0 Å². The van der Waals surface area contributed by atoms with Crippen LogP contribution >= 0.6 is 0 Å². The predicted molar refractivity (Wildman–Crippen MR) is 112 cm³/mol. The second-order valence-electron chi connectivity index (χ2n) is 6.92. The van der Waals surface area contributed by atoms with Gasteiger partial charge in [0, 0.05) is 5.69 Å². The minimum absolute atomic E-state index is 0.235. The molecule has 0 aliphatic heterocycles. The van der Waals surface area contributed by atoms with E-state index in [1.54, 1.807) is 45.0 Å². The summed E-state index contributed by atoms with van der Waals surface area (Å²) in [6, 6.07) is 6.61. The topological polar surface area (TPSA) is 94.7 Å². The number of H-pyrrole nitrogens is 1. The van der Waals surface area contributed by atoms with E-state index in [0.29, 0.717) is 34.7 Å². The van der Waals surface area contributed by atoms with E-state index in [0.717, 1.165) is 19.3 Å². The average Bonchev–Trinajstić information content (AvgIpc) is 3.04. The molecule has 0 amide bonds. The fraction of sp³-hybridized carbons (Fsp3) is 0.435. The first-order valence-corrected chi connectivity index (χ1v) is 10.2. The SMILES string of the molecule is CCCCCOc1ccc(C(=O)OCC(=O)c2[nH]c(C)c(C(=O)OCC)c2C)cc1. The molecule has 0 atom stereocenters. The van der Waals surface area contributed by atoms with E-state index < -0.39 is 24.3 Å². The zero-order valence-corrected chi connectivity index (χ0v) is 18.0. The largest absolute Gasteiger partial charge is 0.494 e. The Balaban J connectivity index is 1.94. The fourth-order valence-electron chi connectivity index (χ4n) is 3.05. The Hall–Kier alpha value is -3.09. The van der Waals surface area contributed by atoms with Crippen LogP contribution in [0.5, 0.6) is 5.75 Å². The molecule has 30 heavy (non-hydrogen) atoms. The van der Waals surface area contributed by atoms with Crippen LogP contribution in [0.3, 0.4) is 0 Å². The van der Waals surface area contributed by atoms with Gasteiger partial charge in [0.15, 0.2) is 6.61 Å². The highest BCUT2D eigenvalue weighted by Gasteiger charge is 2.23. The lowest BCUT2D eigenvalue weighted by Crippen LogP contribution is -2.15. The molecule has 0 aliphatic carbocycles. The molecule has 2 aromatic rings. The molecule has 0 radical (unpaired) electrons. The van der Waals surface area contributed by atoms with Crippen LogP contribution in [0.1, 0.15) is 75.6 Å². The Labute approximate surface area is 176 Å². The number of benzene rings is 1. The second-order valence-corrected chi connectivity index (χ2v) is 6.92. The summed E-state index contributed by atoms with van der Waals surface area (Å²) >= 11 is 0. The van der Waals surface area contributed by atoms with Crippen molar-refractivity contribution in [3.8, 4) is 5.75 Å². The fourth-order valence-corrected chi connectivity index (χ4v) is 3.05. The molecule has 0 spiro atoms. The van der Waals surface area contributed by atoms with Crippen LogP contribution in [-0.2, 0) is 9.47 Å². The molecular formula is C23H29NO6. The molecule has 0 fully saturated rings. The third-order valence-electron chi connectivity index (χ3n) is 4.64. The summed E-state index contributed by atoms with van der Waals surface area (Å²) in [4.78, 5) is 39.7. The smallest absolute Gasteiger partial charge is 0.340 e. The highest BCUT2D eigenvalue weighted by molar-refractivity contribution is 6.03. The van der Waals surface area contributed by atoms with E-state index in [9.17, 15) is 14.4 Å². The van der Waals surface area contributed by atoms with Crippen molar-refractivity contribution in [2.24, 2.45) is 0 Å². The quantitative estimate of drug-likeness (QED) is 0.332. The molecule has 1 aromatic heterocycles. The number of nitrogens with one attached hydrogen (secondary N) is 1. The van der Waals surface area contributed by atoms with Gasteiger partial charge in [-0.1, -0.05) is 19.8 Å². The van der Waals surface area contributed by atoms with E-state index >= 15 is 0 Å². The van der Waals surface area contributed by atoms with Gasteiger partial charge in [0.05, 0.1) is 30.0 Å². The third kappa shape index (κ3) is 5.95. The highest BCUT2D eigenvalue weighted by atomic mass is 16.5. The third-order valence-corrected chi connectivity index (χ3v) is 4.64. The van der Waals surface area contributed by atoms with Crippen LogP contribution in [0.25, 0.3) is 0 Å². The number of ketones is 1. The summed E-state index contributed by atoms with van der Waals surface area (Å²) in [5.41, 5.74) is 1.92. The van der Waals surface area contributed by atoms with E-state index in [4.69, 9.17) is 14.2 Å². The summed E-state index contributed by atoms with van der Waals surface area (Å²) in [6.07, 6.45) is 3.22. The highest BCUT2D eigenvalue weighted by Crippen LogP contribution is 2.20. The molecule has 162 valence electrons. The first-order chi connectivity index (χ1) is 14.4. The van der Waals surface area contributed by atoms with Crippen molar-refractivity contribution in [1.29, 1.82) is 0 Å². The Kier molecular flexibility index (Phi) is 8.65. The monoisotopic (exact) mass is 415 g/mol. The molecule has 1 heterocycles. The number of Topliss-reactive ketones (excluding diaryl/α,β-unsaturated/α-hetero) is 1. The molecular weight excluding hydrogens is 386 g/mol. The number of aryl methyl sites for hydroxylation is 1. The van der Waals surface area contributed by atoms with Gasteiger partial charge in [0.25, 0.3) is 0 Å². The predicted octanol–water partition coefficient (Wildman–Crippen LogP) is 4.42. The molecule has 0 unspecified atom stereocenters. The molecule has 0 aliphatic rings. The lowest BCUT2D eigenvalue weighted by molar-refractivity contribution is 0.0472. The average molecular weight is 415 g/mol. The van der Waals surface area contributed by atoms with E-state index in [2.05, 4.69) is 11.9 Å². The number of hydrogen-bond donors (Lipinski definition) is 1. The molecule has 0 saturated heterocycles. The lowest BCUT2D eigenvalue weighted by Gasteiger charge is -2.07. The maximum atomic E-state index is 12.5. The summed E-state index contributed by atoms with van der Waals surface area (Å²) in [5.74, 6) is -0.831. The van der Waals surface area contributed by atoms with Gasteiger partial charge in [-0.25, -0.2) is 9.59 Å². The summed E-state index contributed by atoms with van der Waals surface area (Å²) in [7, 11) is 0. The molecule has 7 heteroatoms. The van der Waals surface area contributed by atoms with E-state index in [1.807, 2.05) is 0 Å². The van der Waals surface area contributed by atoms with Gasteiger partial charge in [-0.15, -0.1) is 0 Å². The van der Waals surface area contributed by atoms with Crippen LogP contribution in [0, 0.1) is 13.8 Å². The minimum Gasteiger partial charge on any atom is -0.494 e. The number of rotatable bonds is 11. The number of carbonyl (C=O) groups is 3. The molecule has 0 bridgehead atoms. The number of esters is 2. The van der Waals surface area contributed by atoms with Crippen LogP contribution in [0.2, 0.25) is 0 Å². The number of aromatic nitrogens is 1.